The van der Waals surface area contributed by atoms with Crippen molar-refractivity contribution in [3.63, 3.8) is 0 Å². The van der Waals surface area contributed by atoms with Gasteiger partial charge in [-0.15, -0.1) is 0 Å². The summed E-state index contributed by atoms with van der Waals surface area (Å²) in [5, 5.41) is 5.96. The molecule has 0 fully saturated rings. The summed E-state index contributed by atoms with van der Waals surface area (Å²) in [5.41, 5.74) is 3.87. The summed E-state index contributed by atoms with van der Waals surface area (Å²) in [7, 11) is 0.121. The van der Waals surface area contributed by atoms with Crippen molar-refractivity contribution in [2.24, 2.45) is 0 Å². The third-order valence-corrected chi connectivity index (χ3v) is 7.06. The normalized spacial score (nSPS) is 13.9. The molecule has 1 heterocycles. The van der Waals surface area contributed by atoms with Gasteiger partial charge in [-0.1, -0.05) is 18.2 Å². The Morgan fingerprint density at radius 1 is 1.13 bits per heavy atom. The summed E-state index contributed by atoms with van der Waals surface area (Å²) in [6, 6.07) is 12.5. The van der Waals surface area contributed by atoms with Crippen LogP contribution in [0.2, 0.25) is 0 Å². The molecule has 1 aliphatic rings. The van der Waals surface area contributed by atoms with E-state index in [9.17, 15) is 18.0 Å². The molecule has 0 bridgehead atoms. The lowest BCUT2D eigenvalue weighted by atomic mass is 9.99. The van der Waals surface area contributed by atoms with Gasteiger partial charge < -0.3 is 15.5 Å². The Kier molecular flexibility index (Phi) is 6.97. The van der Waals surface area contributed by atoms with Crippen LogP contribution in [-0.2, 0) is 27.8 Å². The van der Waals surface area contributed by atoms with E-state index in [0.717, 1.165) is 16.8 Å². The number of amides is 2. The number of hydrogen-bond acceptors (Lipinski definition) is 5. The van der Waals surface area contributed by atoms with Gasteiger partial charge in [-0.2, -0.15) is 4.31 Å². The first kappa shape index (κ1) is 22.8. The van der Waals surface area contributed by atoms with Crippen LogP contribution in [0, 0.1) is 0 Å². The van der Waals surface area contributed by atoms with Crippen molar-refractivity contribution >= 4 is 33.2 Å². The van der Waals surface area contributed by atoms with Gasteiger partial charge in [0.05, 0.1) is 12.3 Å². The smallest absolute Gasteiger partial charge is 0.253 e. The summed E-state index contributed by atoms with van der Waals surface area (Å²) in [6.07, 6.45) is 0.591. The molecule has 8 nitrogen and oxygen atoms in total. The quantitative estimate of drug-likeness (QED) is 0.682. The van der Waals surface area contributed by atoms with Crippen LogP contribution in [-0.4, -0.2) is 62.4 Å². The Morgan fingerprint density at radius 3 is 2.58 bits per heavy atom. The van der Waals surface area contributed by atoms with Crippen LogP contribution >= 0.6 is 0 Å². The minimum absolute atomic E-state index is 0.0548. The van der Waals surface area contributed by atoms with Gasteiger partial charge in [0.25, 0.3) is 5.91 Å². The van der Waals surface area contributed by atoms with Crippen LogP contribution < -0.4 is 10.6 Å². The number of nitrogens with one attached hydrogen (secondary N) is 2. The van der Waals surface area contributed by atoms with Gasteiger partial charge in [0.2, 0.25) is 15.9 Å². The van der Waals surface area contributed by atoms with E-state index in [1.165, 1.54) is 9.21 Å². The van der Waals surface area contributed by atoms with E-state index in [2.05, 4.69) is 10.6 Å². The fraction of sp³-hybridized carbons (Fsp3) is 0.364. The van der Waals surface area contributed by atoms with Crippen LogP contribution in [0.4, 0.5) is 11.4 Å². The molecule has 166 valence electrons. The third-order valence-electron chi connectivity index (χ3n) is 5.23. The lowest BCUT2D eigenvalue weighted by Gasteiger charge is -2.29. The van der Waals surface area contributed by atoms with Crippen molar-refractivity contribution in [2.75, 3.05) is 43.6 Å². The largest absolute Gasteiger partial charge is 0.376 e. The topological polar surface area (TPSA) is 98.8 Å². The number of carbonyl (C=O) groups is 2. The molecule has 9 heteroatoms. The van der Waals surface area contributed by atoms with Gasteiger partial charge >= 0.3 is 0 Å². The summed E-state index contributed by atoms with van der Waals surface area (Å²) in [6.45, 7) is 2.48. The number of nitrogens with zero attached hydrogens (tertiary/aromatic N) is 2. The number of rotatable bonds is 7. The molecule has 0 atom stereocenters. The van der Waals surface area contributed by atoms with Gasteiger partial charge in [-0.3, -0.25) is 9.59 Å². The average Bonchev–Trinajstić information content (AvgIpc) is 2.76. The van der Waals surface area contributed by atoms with Gasteiger partial charge in [-0.05, 0) is 48.7 Å². The minimum Gasteiger partial charge on any atom is -0.376 e. The predicted molar refractivity (Wildman–Crippen MR) is 122 cm³/mol. The number of carbonyl (C=O) groups excluding carboxylic acids is 2. The standard InChI is InChI=1S/C22H28N4O4S/c1-4-31(29,30)26-12-11-19-17(15-26)8-6-10-20(19)23-14-21(27)24-18-9-5-7-16(13-18)22(28)25(2)3/h5-10,13,23H,4,11-12,14-15H2,1-3H3,(H,24,27). The lowest BCUT2D eigenvalue weighted by Crippen LogP contribution is -2.37. The maximum atomic E-state index is 12.4. The van der Waals surface area contributed by atoms with Gasteiger partial charge in [-0.25, -0.2) is 8.42 Å². The molecule has 2 aromatic rings. The Hall–Kier alpha value is -2.91. The highest BCUT2D eigenvalue weighted by molar-refractivity contribution is 7.89. The Labute approximate surface area is 183 Å². The highest BCUT2D eigenvalue weighted by atomic mass is 32.2. The SMILES string of the molecule is CCS(=O)(=O)N1CCc2c(cccc2NCC(=O)Nc2cccc(C(=O)N(C)C)c2)C1. The van der Waals surface area contributed by atoms with Gasteiger partial charge in [0.15, 0.2) is 0 Å². The molecule has 2 amide bonds. The van der Waals surface area contributed by atoms with Crippen molar-refractivity contribution < 1.29 is 18.0 Å². The average molecular weight is 445 g/mol. The zero-order chi connectivity index (χ0) is 22.6. The van der Waals surface area contributed by atoms with Crippen LogP contribution in [0.1, 0.15) is 28.4 Å². The van der Waals surface area contributed by atoms with Crippen molar-refractivity contribution in [1.82, 2.24) is 9.21 Å². The molecule has 31 heavy (non-hydrogen) atoms. The van der Waals surface area contributed by atoms with E-state index in [1.54, 1.807) is 45.3 Å². The summed E-state index contributed by atoms with van der Waals surface area (Å²) >= 11 is 0. The molecule has 3 rings (SSSR count). The first-order chi connectivity index (χ1) is 14.7. The first-order valence-corrected chi connectivity index (χ1v) is 11.8. The highest BCUT2D eigenvalue weighted by Gasteiger charge is 2.26. The molecule has 0 spiro atoms. The van der Waals surface area contributed by atoms with Crippen LogP contribution in [0.25, 0.3) is 0 Å². The zero-order valence-electron chi connectivity index (χ0n) is 18.0. The Balaban J connectivity index is 1.64. The molecular formula is C22H28N4O4S. The number of anilines is 2. The molecule has 0 aromatic heterocycles. The molecule has 0 aliphatic carbocycles. The first-order valence-electron chi connectivity index (χ1n) is 10.2. The van der Waals surface area contributed by atoms with Crippen LogP contribution in [0.15, 0.2) is 42.5 Å². The lowest BCUT2D eigenvalue weighted by molar-refractivity contribution is -0.114. The number of sulfonamides is 1. The highest BCUT2D eigenvalue weighted by Crippen LogP contribution is 2.27. The minimum atomic E-state index is -3.23. The molecule has 2 N–H and O–H groups in total. The number of hydrogen-bond donors (Lipinski definition) is 2. The fourth-order valence-corrected chi connectivity index (χ4v) is 4.61. The van der Waals surface area contributed by atoms with Gasteiger partial charge in [0.1, 0.15) is 0 Å². The molecule has 0 unspecified atom stereocenters. The third kappa shape index (κ3) is 5.42. The molecule has 0 saturated heterocycles. The van der Waals surface area contributed by atoms with E-state index >= 15 is 0 Å². The van der Waals surface area contributed by atoms with E-state index in [1.807, 2.05) is 18.2 Å². The summed E-state index contributed by atoms with van der Waals surface area (Å²) in [5.74, 6) is -0.288. The predicted octanol–water partition coefficient (Wildman–Crippen LogP) is 2.15. The fourth-order valence-electron chi connectivity index (χ4n) is 3.54. The van der Waals surface area contributed by atoms with Crippen molar-refractivity contribution in [3.05, 3.63) is 59.2 Å². The van der Waals surface area contributed by atoms with E-state index < -0.39 is 10.0 Å². The molecular weight excluding hydrogens is 416 g/mol. The second kappa shape index (κ2) is 9.49. The van der Waals surface area contributed by atoms with E-state index in [4.69, 9.17) is 0 Å². The van der Waals surface area contributed by atoms with Crippen LogP contribution in [0.3, 0.4) is 0 Å². The second-order valence-corrected chi connectivity index (χ2v) is 9.87. The monoisotopic (exact) mass is 444 g/mol. The number of benzene rings is 2. The molecule has 2 aromatic carbocycles. The molecule has 1 aliphatic heterocycles. The summed E-state index contributed by atoms with van der Waals surface area (Å²) < 4.78 is 25.9. The molecule has 0 saturated carbocycles. The van der Waals surface area contributed by atoms with Crippen molar-refractivity contribution in [3.8, 4) is 0 Å². The van der Waals surface area contributed by atoms with Gasteiger partial charge in [0, 0.05) is 44.1 Å². The van der Waals surface area contributed by atoms with Crippen molar-refractivity contribution in [1.29, 1.82) is 0 Å². The second-order valence-electron chi connectivity index (χ2n) is 7.61. The Morgan fingerprint density at radius 2 is 1.87 bits per heavy atom. The van der Waals surface area contributed by atoms with E-state index in [-0.39, 0.29) is 24.1 Å². The number of fused-ring (bicyclic) bond motifs is 1. The Bertz CT molecular complexity index is 1080. The van der Waals surface area contributed by atoms with Crippen LogP contribution in [0.5, 0.6) is 0 Å². The maximum absolute atomic E-state index is 12.4. The maximum Gasteiger partial charge on any atom is 0.253 e. The van der Waals surface area contributed by atoms with Crippen molar-refractivity contribution in [2.45, 2.75) is 19.9 Å². The molecule has 0 radical (unpaired) electrons. The summed E-state index contributed by atoms with van der Waals surface area (Å²) in [4.78, 5) is 26.0. The zero-order valence-corrected chi connectivity index (χ0v) is 18.8. The van der Waals surface area contributed by atoms with E-state index in [0.29, 0.717) is 30.8 Å².